The predicted octanol–water partition coefficient (Wildman–Crippen LogP) is 1.41. The molecule has 1 aromatic rings. The SMILES string of the molecule is N/C(=N/O)c1ncccc1N1CC2CCCC2C1. The van der Waals surface area contributed by atoms with Gasteiger partial charge in [0.25, 0.3) is 0 Å². The molecule has 0 aromatic carbocycles. The molecular formula is C13H18N4O. The number of amidine groups is 1. The Morgan fingerprint density at radius 1 is 1.39 bits per heavy atom. The Labute approximate surface area is 106 Å². The Kier molecular flexibility index (Phi) is 2.81. The van der Waals surface area contributed by atoms with E-state index in [1.807, 2.05) is 12.1 Å². The van der Waals surface area contributed by atoms with E-state index in [0.717, 1.165) is 30.6 Å². The summed E-state index contributed by atoms with van der Waals surface area (Å²) in [5, 5.41) is 11.9. The molecule has 2 fully saturated rings. The van der Waals surface area contributed by atoms with Crippen molar-refractivity contribution in [1.82, 2.24) is 4.98 Å². The van der Waals surface area contributed by atoms with Crippen LogP contribution in [0.25, 0.3) is 0 Å². The summed E-state index contributed by atoms with van der Waals surface area (Å²) < 4.78 is 0. The first kappa shape index (κ1) is 11.3. The predicted molar refractivity (Wildman–Crippen MR) is 69.8 cm³/mol. The molecule has 0 amide bonds. The first-order valence-corrected chi connectivity index (χ1v) is 6.47. The lowest BCUT2D eigenvalue weighted by molar-refractivity contribution is 0.318. The normalized spacial score (nSPS) is 27.6. The Bertz CT molecular complexity index is 462. The summed E-state index contributed by atoms with van der Waals surface area (Å²) in [6, 6.07) is 3.90. The zero-order valence-electron chi connectivity index (χ0n) is 10.3. The molecule has 1 aliphatic heterocycles. The van der Waals surface area contributed by atoms with Gasteiger partial charge in [-0.25, -0.2) is 0 Å². The number of nitrogens with zero attached hydrogens (tertiary/aromatic N) is 3. The van der Waals surface area contributed by atoms with E-state index in [1.54, 1.807) is 6.20 Å². The zero-order chi connectivity index (χ0) is 12.5. The highest BCUT2D eigenvalue weighted by Crippen LogP contribution is 2.39. The Balaban J connectivity index is 1.89. The number of fused-ring (bicyclic) bond motifs is 1. The van der Waals surface area contributed by atoms with Gasteiger partial charge >= 0.3 is 0 Å². The minimum absolute atomic E-state index is 0.0858. The maximum Gasteiger partial charge on any atom is 0.190 e. The smallest absolute Gasteiger partial charge is 0.190 e. The number of hydrogen-bond donors (Lipinski definition) is 2. The average molecular weight is 246 g/mol. The van der Waals surface area contributed by atoms with Gasteiger partial charge in [0.15, 0.2) is 5.84 Å². The van der Waals surface area contributed by atoms with Crippen molar-refractivity contribution in [2.75, 3.05) is 18.0 Å². The fourth-order valence-corrected chi connectivity index (χ4v) is 3.33. The number of oxime groups is 1. The first-order valence-electron chi connectivity index (χ1n) is 6.47. The van der Waals surface area contributed by atoms with Gasteiger partial charge in [-0.15, -0.1) is 0 Å². The molecule has 5 heteroatoms. The molecular weight excluding hydrogens is 228 g/mol. The largest absolute Gasteiger partial charge is 0.409 e. The standard InChI is InChI=1S/C13H18N4O/c14-13(16-18)12-11(5-2-6-15-12)17-7-9-3-1-4-10(9)8-17/h2,5-6,9-10,18H,1,3-4,7-8H2,(H2,14,16). The van der Waals surface area contributed by atoms with Gasteiger partial charge in [0.1, 0.15) is 5.69 Å². The van der Waals surface area contributed by atoms with E-state index in [9.17, 15) is 0 Å². The van der Waals surface area contributed by atoms with Crippen LogP contribution < -0.4 is 10.6 Å². The van der Waals surface area contributed by atoms with Gasteiger partial charge in [-0.05, 0) is 36.8 Å². The van der Waals surface area contributed by atoms with Gasteiger partial charge in [0.2, 0.25) is 0 Å². The van der Waals surface area contributed by atoms with E-state index in [4.69, 9.17) is 10.9 Å². The van der Waals surface area contributed by atoms with E-state index >= 15 is 0 Å². The number of nitrogens with two attached hydrogens (primary N) is 1. The van der Waals surface area contributed by atoms with Crippen molar-refractivity contribution in [2.45, 2.75) is 19.3 Å². The molecule has 0 spiro atoms. The number of pyridine rings is 1. The van der Waals surface area contributed by atoms with Crippen LogP contribution in [0.4, 0.5) is 5.69 Å². The molecule has 1 aliphatic carbocycles. The third-order valence-electron chi connectivity index (χ3n) is 4.20. The second kappa shape index (κ2) is 4.48. The van der Waals surface area contributed by atoms with Crippen LogP contribution in [0, 0.1) is 11.8 Å². The van der Waals surface area contributed by atoms with Gasteiger partial charge in [-0.3, -0.25) is 4.98 Å². The lowest BCUT2D eigenvalue weighted by Crippen LogP contribution is -2.26. The lowest BCUT2D eigenvalue weighted by atomic mass is 10.0. The highest BCUT2D eigenvalue weighted by atomic mass is 16.4. The Hall–Kier alpha value is -1.78. The number of aromatic nitrogens is 1. The molecule has 5 nitrogen and oxygen atoms in total. The third kappa shape index (κ3) is 1.79. The lowest BCUT2D eigenvalue weighted by Gasteiger charge is -2.21. The van der Waals surface area contributed by atoms with Crippen molar-refractivity contribution in [3.05, 3.63) is 24.0 Å². The van der Waals surface area contributed by atoms with Crippen molar-refractivity contribution in [2.24, 2.45) is 22.7 Å². The van der Waals surface area contributed by atoms with Crippen LogP contribution in [0.1, 0.15) is 25.0 Å². The summed E-state index contributed by atoms with van der Waals surface area (Å²) in [6.45, 7) is 2.14. The van der Waals surface area contributed by atoms with Crippen molar-refractivity contribution in [3.63, 3.8) is 0 Å². The van der Waals surface area contributed by atoms with E-state index in [0.29, 0.717) is 5.69 Å². The van der Waals surface area contributed by atoms with Crippen LogP contribution in [0.2, 0.25) is 0 Å². The van der Waals surface area contributed by atoms with Gasteiger partial charge < -0.3 is 15.8 Å². The molecule has 1 saturated carbocycles. The maximum absolute atomic E-state index is 8.82. The number of hydrogen-bond acceptors (Lipinski definition) is 4. The van der Waals surface area contributed by atoms with Crippen LogP contribution in [-0.4, -0.2) is 29.1 Å². The number of anilines is 1. The fraction of sp³-hybridized carbons (Fsp3) is 0.538. The summed E-state index contributed by atoms with van der Waals surface area (Å²) in [5.74, 6) is 1.71. The highest BCUT2D eigenvalue weighted by molar-refractivity contribution is 6.00. The van der Waals surface area contributed by atoms with Crippen molar-refractivity contribution in [3.8, 4) is 0 Å². The quantitative estimate of drug-likeness (QED) is 0.358. The minimum atomic E-state index is 0.0858. The van der Waals surface area contributed by atoms with Crippen molar-refractivity contribution < 1.29 is 5.21 Å². The van der Waals surface area contributed by atoms with Gasteiger partial charge in [0, 0.05) is 19.3 Å². The van der Waals surface area contributed by atoms with E-state index in [1.165, 1.54) is 19.3 Å². The average Bonchev–Trinajstić information content (AvgIpc) is 2.98. The minimum Gasteiger partial charge on any atom is -0.409 e. The van der Waals surface area contributed by atoms with Crippen LogP contribution in [0.15, 0.2) is 23.5 Å². The Morgan fingerprint density at radius 3 is 2.78 bits per heavy atom. The molecule has 96 valence electrons. The maximum atomic E-state index is 8.82. The van der Waals surface area contributed by atoms with Gasteiger partial charge in [-0.1, -0.05) is 11.6 Å². The van der Waals surface area contributed by atoms with Gasteiger partial charge in [-0.2, -0.15) is 0 Å². The molecule has 3 N–H and O–H groups in total. The van der Waals surface area contributed by atoms with Crippen LogP contribution in [0.5, 0.6) is 0 Å². The summed E-state index contributed by atoms with van der Waals surface area (Å²) in [4.78, 5) is 6.56. The zero-order valence-corrected chi connectivity index (χ0v) is 10.3. The van der Waals surface area contributed by atoms with E-state index < -0.39 is 0 Å². The Morgan fingerprint density at radius 2 is 2.11 bits per heavy atom. The molecule has 2 atom stereocenters. The molecule has 0 bridgehead atoms. The van der Waals surface area contributed by atoms with Gasteiger partial charge in [0.05, 0.1) is 5.69 Å². The fourth-order valence-electron chi connectivity index (χ4n) is 3.33. The molecule has 1 saturated heterocycles. The van der Waals surface area contributed by atoms with E-state index in [2.05, 4.69) is 15.0 Å². The summed E-state index contributed by atoms with van der Waals surface area (Å²) in [5.41, 5.74) is 7.26. The first-order chi connectivity index (χ1) is 8.79. The summed E-state index contributed by atoms with van der Waals surface area (Å²) in [6.07, 6.45) is 5.71. The monoisotopic (exact) mass is 246 g/mol. The third-order valence-corrected chi connectivity index (χ3v) is 4.20. The molecule has 2 unspecified atom stereocenters. The van der Waals surface area contributed by atoms with Crippen LogP contribution in [-0.2, 0) is 0 Å². The second-order valence-electron chi connectivity index (χ2n) is 5.21. The molecule has 1 aromatic heterocycles. The highest BCUT2D eigenvalue weighted by Gasteiger charge is 2.36. The topological polar surface area (TPSA) is 74.7 Å². The number of rotatable bonds is 2. The molecule has 0 radical (unpaired) electrons. The van der Waals surface area contributed by atoms with Crippen molar-refractivity contribution >= 4 is 11.5 Å². The molecule has 2 heterocycles. The van der Waals surface area contributed by atoms with E-state index in [-0.39, 0.29) is 5.84 Å². The molecule has 2 aliphatic rings. The molecule has 18 heavy (non-hydrogen) atoms. The second-order valence-corrected chi connectivity index (χ2v) is 5.21. The summed E-state index contributed by atoms with van der Waals surface area (Å²) >= 11 is 0. The van der Waals surface area contributed by atoms with Crippen LogP contribution in [0.3, 0.4) is 0 Å². The van der Waals surface area contributed by atoms with Crippen LogP contribution >= 0.6 is 0 Å². The molecule has 3 rings (SSSR count). The summed E-state index contributed by atoms with van der Waals surface area (Å²) in [7, 11) is 0. The van der Waals surface area contributed by atoms with Crippen molar-refractivity contribution in [1.29, 1.82) is 0 Å².